The molecule has 44 heavy (non-hydrogen) atoms. The Morgan fingerprint density at radius 2 is 1.41 bits per heavy atom. The standard InChI is InChI=1S/C33H39N3O7S/c1-41-29-12-8-26(9-13-29)27-10-14-30(15-11-27)44(39,40)36(24-25-6-4-3-5-7-25)31(32(37)42-2)28-16-18-34(19-17-28)33(38)35-20-22-43-23-21-35/h3-15,28,31H,16-24H2,1-2H3. The van der Waals surface area contributed by atoms with E-state index in [9.17, 15) is 18.0 Å². The number of carbonyl (C=O) groups excluding carboxylic acids is 2. The molecule has 2 amide bonds. The van der Waals surface area contributed by atoms with Crippen LogP contribution < -0.4 is 4.74 Å². The number of urea groups is 1. The van der Waals surface area contributed by atoms with Crippen LogP contribution in [0.3, 0.4) is 0 Å². The minimum Gasteiger partial charge on any atom is -0.497 e. The van der Waals surface area contributed by atoms with Crippen LogP contribution in [0.1, 0.15) is 18.4 Å². The fourth-order valence-electron chi connectivity index (χ4n) is 5.86. The van der Waals surface area contributed by atoms with Gasteiger partial charge in [-0.2, -0.15) is 4.31 Å². The molecule has 3 aromatic rings. The molecule has 0 radical (unpaired) electrons. The molecule has 2 heterocycles. The number of hydrogen-bond donors (Lipinski definition) is 0. The molecule has 234 valence electrons. The summed E-state index contributed by atoms with van der Waals surface area (Å²) in [7, 11) is -1.27. The largest absolute Gasteiger partial charge is 0.497 e. The zero-order chi connectivity index (χ0) is 31.1. The van der Waals surface area contributed by atoms with Gasteiger partial charge in [0.05, 0.1) is 32.3 Å². The lowest BCUT2D eigenvalue weighted by atomic mass is 9.89. The fourth-order valence-corrected chi connectivity index (χ4v) is 7.49. The van der Waals surface area contributed by atoms with Gasteiger partial charge < -0.3 is 24.0 Å². The van der Waals surface area contributed by atoms with Crippen LogP contribution in [0.4, 0.5) is 4.79 Å². The van der Waals surface area contributed by atoms with Crippen molar-refractivity contribution in [2.75, 3.05) is 53.6 Å². The molecule has 5 rings (SSSR count). The number of piperidine rings is 1. The van der Waals surface area contributed by atoms with Crippen LogP contribution >= 0.6 is 0 Å². The number of sulfonamides is 1. The third kappa shape index (κ3) is 7.06. The number of likely N-dealkylation sites (tertiary alicyclic amines) is 1. The lowest BCUT2D eigenvalue weighted by Crippen LogP contribution is -2.54. The number of rotatable bonds is 9. The Morgan fingerprint density at radius 1 is 0.841 bits per heavy atom. The van der Waals surface area contributed by atoms with Crippen LogP contribution in [0.5, 0.6) is 5.75 Å². The van der Waals surface area contributed by atoms with Gasteiger partial charge in [0.15, 0.2) is 0 Å². The van der Waals surface area contributed by atoms with E-state index >= 15 is 0 Å². The van der Waals surface area contributed by atoms with Crippen molar-refractivity contribution in [3.8, 4) is 16.9 Å². The highest BCUT2D eigenvalue weighted by Crippen LogP contribution is 2.32. The molecule has 0 spiro atoms. The van der Waals surface area contributed by atoms with Crippen molar-refractivity contribution in [1.82, 2.24) is 14.1 Å². The van der Waals surface area contributed by atoms with Gasteiger partial charge in [-0.3, -0.25) is 4.79 Å². The molecule has 0 N–H and O–H groups in total. The maximum absolute atomic E-state index is 14.4. The van der Waals surface area contributed by atoms with Gasteiger partial charge in [0, 0.05) is 32.7 Å². The third-order valence-corrected chi connectivity index (χ3v) is 10.2. The summed E-state index contributed by atoms with van der Waals surface area (Å²) in [5.74, 6) is -0.222. The molecular weight excluding hydrogens is 582 g/mol. The highest BCUT2D eigenvalue weighted by molar-refractivity contribution is 7.89. The molecule has 0 saturated carbocycles. The first-order valence-electron chi connectivity index (χ1n) is 14.8. The Hall–Kier alpha value is -3.93. The summed E-state index contributed by atoms with van der Waals surface area (Å²) in [4.78, 5) is 30.2. The number of morpholine rings is 1. The summed E-state index contributed by atoms with van der Waals surface area (Å²) in [6, 6.07) is 22.3. The Morgan fingerprint density at radius 3 is 1.98 bits per heavy atom. The molecule has 10 nitrogen and oxygen atoms in total. The van der Waals surface area contributed by atoms with Gasteiger partial charge >= 0.3 is 12.0 Å². The van der Waals surface area contributed by atoms with Gasteiger partial charge in [0.25, 0.3) is 0 Å². The average molecular weight is 622 g/mol. The van der Waals surface area contributed by atoms with Gasteiger partial charge in [-0.15, -0.1) is 0 Å². The smallest absolute Gasteiger partial charge is 0.324 e. The summed E-state index contributed by atoms with van der Waals surface area (Å²) in [5.41, 5.74) is 2.52. The number of esters is 1. The zero-order valence-electron chi connectivity index (χ0n) is 25.1. The highest BCUT2D eigenvalue weighted by atomic mass is 32.2. The first-order chi connectivity index (χ1) is 21.3. The summed E-state index contributed by atoms with van der Waals surface area (Å²) in [6.45, 7) is 2.96. The molecule has 2 fully saturated rings. The van der Waals surface area contributed by atoms with Crippen LogP contribution in [-0.2, 0) is 30.8 Å². The molecule has 1 atom stereocenters. The molecule has 0 aliphatic carbocycles. The van der Waals surface area contributed by atoms with E-state index in [1.54, 1.807) is 41.2 Å². The van der Waals surface area contributed by atoms with E-state index in [0.717, 1.165) is 22.4 Å². The van der Waals surface area contributed by atoms with Crippen molar-refractivity contribution in [2.45, 2.75) is 30.3 Å². The van der Waals surface area contributed by atoms with E-state index in [1.165, 1.54) is 11.4 Å². The maximum atomic E-state index is 14.4. The monoisotopic (exact) mass is 621 g/mol. The molecule has 2 aliphatic heterocycles. The summed E-state index contributed by atoms with van der Waals surface area (Å²) < 4.78 is 45.9. The minimum absolute atomic E-state index is 0.00388. The minimum atomic E-state index is -4.15. The van der Waals surface area contributed by atoms with E-state index in [1.807, 2.05) is 54.6 Å². The van der Waals surface area contributed by atoms with Gasteiger partial charge in [-0.1, -0.05) is 54.6 Å². The predicted octanol–water partition coefficient (Wildman–Crippen LogP) is 4.26. The number of nitrogens with zero attached hydrogens (tertiary/aromatic N) is 3. The van der Waals surface area contributed by atoms with Crippen molar-refractivity contribution in [3.63, 3.8) is 0 Å². The van der Waals surface area contributed by atoms with Gasteiger partial charge in [-0.25, -0.2) is 13.2 Å². The van der Waals surface area contributed by atoms with Gasteiger partial charge in [0.2, 0.25) is 10.0 Å². The average Bonchev–Trinajstić information content (AvgIpc) is 3.08. The van der Waals surface area contributed by atoms with E-state index in [0.29, 0.717) is 52.2 Å². The van der Waals surface area contributed by atoms with Gasteiger partial charge in [-0.05, 0) is 59.7 Å². The maximum Gasteiger partial charge on any atom is 0.324 e. The number of methoxy groups -OCH3 is 2. The van der Waals surface area contributed by atoms with Crippen molar-refractivity contribution >= 4 is 22.0 Å². The highest BCUT2D eigenvalue weighted by Gasteiger charge is 2.43. The van der Waals surface area contributed by atoms with Gasteiger partial charge in [0.1, 0.15) is 11.8 Å². The van der Waals surface area contributed by atoms with E-state index < -0.39 is 22.0 Å². The first kappa shape index (κ1) is 31.5. The second-order valence-corrected chi connectivity index (χ2v) is 12.9. The van der Waals surface area contributed by atoms with Crippen LogP contribution in [-0.4, -0.2) is 94.2 Å². The van der Waals surface area contributed by atoms with E-state index in [-0.39, 0.29) is 23.4 Å². The zero-order valence-corrected chi connectivity index (χ0v) is 25.9. The van der Waals surface area contributed by atoms with Crippen molar-refractivity contribution in [1.29, 1.82) is 0 Å². The lowest BCUT2D eigenvalue weighted by molar-refractivity contribution is -0.147. The van der Waals surface area contributed by atoms with Crippen LogP contribution in [0, 0.1) is 5.92 Å². The van der Waals surface area contributed by atoms with Crippen molar-refractivity contribution in [2.24, 2.45) is 5.92 Å². The Bertz CT molecular complexity index is 1500. The first-order valence-corrected chi connectivity index (χ1v) is 16.3. The van der Waals surface area contributed by atoms with E-state index in [2.05, 4.69) is 0 Å². The quantitative estimate of drug-likeness (QED) is 0.329. The predicted molar refractivity (Wildman–Crippen MR) is 165 cm³/mol. The number of carbonyl (C=O) groups is 2. The fraction of sp³-hybridized carbons (Fsp3) is 0.394. The molecule has 11 heteroatoms. The second-order valence-electron chi connectivity index (χ2n) is 11.0. The van der Waals surface area contributed by atoms with Crippen LogP contribution in [0.15, 0.2) is 83.8 Å². The van der Waals surface area contributed by atoms with Crippen molar-refractivity contribution in [3.05, 3.63) is 84.4 Å². The van der Waals surface area contributed by atoms with Crippen LogP contribution in [0.25, 0.3) is 11.1 Å². The topological polar surface area (TPSA) is 106 Å². The summed E-state index contributed by atoms with van der Waals surface area (Å²) in [6.07, 6.45) is 0.931. The number of benzene rings is 3. The molecule has 1 unspecified atom stereocenters. The molecule has 0 bridgehead atoms. The van der Waals surface area contributed by atoms with Crippen LogP contribution in [0.2, 0.25) is 0 Å². The molecule has 0 aromatic heterocycles. The number of amides is 2. The second kappa shape index (κ2) is 14.2. The van der Waals surface area contributed by atoms with E-state index in [4.69, 9.17) is 14.2 Å². The molecule has 2 saturated heterocycles. The Kier molecular flexibility index (Phi) is 10.2. The number of ether oxygens (including phenoxy) is 3. The summed E-state index contributed by atoms with van der Waals surface area (Å²) in [5, 5.41) is 0. The number of hydrogen-bond acceptors (Lipinski definition) is 7. The third-order valence-electron chi connectivity index (χ3n) is 8.36. The molecular formula is C33H39N3O7S. The Labute approximate surface area is 259 Å². The van der Waals surface area contributed by atoms with Crippen molar-refractivity contribution < 1.29 is 32.2 Å². The molecule has 3 aromatic carbocycles. The lowest BCUT2D eigenvalue weighted by Gasteiger charge is -2.41. The molecule has 2 aliphatic rings. The SMILES string of the molecule is COC(=O)C(C1CCN(C(=O)N2CCOCC2)CC1)N(Cc1ccccc1)S(=O)(=O)c1ccc(-c2ccc(OC)cc2)cc1. The normalized spacial score (nSPS) is 16.9. The summed E-state index contributed by atoms with van der Waals surface area (Å²) >= 11 is 0. The Balaban J connectivity index is 1.42.